The van der Waals surface area contributed by atoms with E-state index in [1.807, 2.05) is 13.8 Å². The van der Waals surface area contributed by atoms with E-state index in [0.717, 1.165) is 13.1 Å². The van der Waals surface area contributed by atoms with Crippen molar-refractivity contribution in [2.24, 2.45) is 0 Å². The summed E-state index contributed by atoms with van der Waals surface area (Å²) in [5, 5.41) is 0. The van der Waals surface area contributed by atoms with Crippen LogP contribution in [0.4, 0.5) is 0 Å². The molecular weight excluding hydrogens is 179 g/mol. The van der Waals surface area contributed by atoms with Gasteiger partial charge >= 0.3 is 0 Å². The van der Waals surface area contributed by atoms with Gasteiger partial charge in [-0.05, 0) is 20.8 Å². The SMILES string of the molecule is CCOP([O-])[O-].CC[NH3+].CC[NH3+]. The Bertz CT molecular complexity index is 56.1. The zero-order valence-electron chi connectivity index (χ0n) is 8.21. The lowest BCUT2D eigenvalue weighted by atomic mass is 10.8. The lowest BCUT2D eigenvalue weighted by Gasteiger charge is -2.27. The van der Waals surface area contributed by atoms with Gasteiger partial charge in [-0.1, -0.05) is 0 Å². The van der Waals surface area contributed by atoms with Crippen molar-refractivity contribution in [2.75, 3.05) is 19.7 Å². The molecule has 0 atom stereocenters. The van der Waals surface area contributed by atoms with E-state index in [1.165, 1.54) is 0 Å². The number of hydrogen-bond donors (Lipinski definition) is 2. The Hall–Kier alpha value is 0.230. The minimum Gasteiger partial charge on any atom is -0.820 e. The molecule has 0 aliphatic rings. The lowest BCUT2D eigenvalue weighted by molar-refractivity contribution is -0.362. The van der Waals surface area contributed by atoms with E-state index < -0.39 is 8.60 Å². The first-order valence-electron chi connectivity index (χ1n) is 3.96. The molecule has 0 heterocycles. The van der Waals surface area contributed by atoms with E-state index in [1.54, 1.807) is 6.92 Å². The average molecular weight is 200 g/mol. The van der Waals surface area contributed by atoms with Crippen LogP contribution in [0.2, 0.25) is 0 Å². The molecule has 0 saturated heterocycles. The minimum absolute atomic E-state index is 0.235. The summed E-state index contributed by atoms with van der Waals surface area (Å²) in [5.74, 6) is 0. The van der Waals surface area contributed by atoms with Crippen LogP contribution in [-0.4, -0.2) is 19.7 Å². The normalized spacial score (nSPS) is 8.00. The summed E-state index contributed by atoms with van der Waals surface area (Å²) in [5.41, 5.74) is 6.97. The molecule has 0 spiro atoms. The van der Waals surface area contributed by atoms with E-state index in [4.69, 9.17) is 0 Å². The summed E-state index contributed by atoms with van der Waals surface area (Å²) < 4.78 is 4.00. The molecular formula is C6H21N2O3P. The maximum Gasteiger partial charge on any atom is 0.0711 e. The third-order valence-electron chi connectivity index (χ3n) is 0.235. The smallest absolute Gasteiger partial charge is 0.0711 e. The van der Waals surface area contributed by atoms with Crippen LogP contribution in [0.1, 0.15) is 20.8 Å². The molecule has 6 heteroatoms. The van der Waals surface area contributed by atoms with Crippen molar-refractivity contribution in [1.29, 1.82) is 0 Å². The van der Waals surface area contributed by atoms with E-state index in [2.05, 4.69) is 16.0 Å². The average Bonchev–Trinajstić information content (AvgIpc) is 1.89. The van der Waals surface area contributed by atoms with Gasteiger partial charge in [0.15, 0.2) is 0 Å². The molecule has 0 bridgehead atoms. The molecule has 12 heavy (non-hydrogen) atoms. The highest BCUT2D eigenvalue weighted by Crippen LogP contribution is 2.10. The molecule has 0 aliphatic carbocycles. The van der Waals surface area contributed by atoms with Gasteiger partial charge in [0.25, 0.3) is 0 Å². The number of rotatable bonds is 2. The zero-order chi connectivity index (χ0) is 10.4. The van der Waals surface area contributed by atoms with Crippen molar-refractivity contribution in [1.82, 2.24) is 0 Å². The molecule has 0 saturated carbocycles. The highest BCUT2D eigenvalue weighted by molar-refractivity contribution is 7.36. The fourth-order valence-electron chi connectivity index (χ4n) is 0.105. The summed E-state index contributed by atoms with van der Waals surface area (Å²) in [4.78, 5) is 18.8. The standard InChI is InChI=1S/2C2H7N.C2H5O3P/c2*1-2-3;1-2-5-6(3)4/h2*2-3H2,1H3;2H2,1H3/q;;-2/p+2. The van der Waals surface area contributed by atoms with Crippen molar-refractivity contribution in [3.05, 3.63) is 0 Å². The van der Waals surface area contributed by atoms with Crippen LogP contribution in [0.25, 0.3) is 0 Å². The highest BCUT2D eigenvalue weighted by atomic mass is 31.2. The van der Waals surface area contributed by atoms with Gasteiger partial charge in [-0.3, -0.25) is 0 Å². The predicted octanol–water partition coefficient (Wildman–Crippen LogP) is -2.53. The zero-order valence-corrected chi connectivity index (χ0v) is 9.10. The Morgan fingerprint density at radius 1 is 1.08 bits per heavy atom. The maximum absolute atomic E-state index is 9.41. The molecule has 0 amide bonds. The van der Waals surface area contributed by atoms with Crippen LogP contribution in [0, 0.1) is 0 Å². The lowest BCUT2D eigenvalue weighted by Crippen LogP contribution is -2.48. The first-order chi connectivity index (χ1) is 5.60. The van der Waals surface area contributed by atoms with Gasteiger partial charge in [0.2, 0.25) is 0 Å². The van der Waals surface area contributed by atoms with Gasteiger partial charge in [-0.15, -0.1) is 0 Å². The van der Waals surface area contributed by atoms with Crippen LogP contribution in [0.3, 0.4) is 0 Å². The van der Waals surface area contributed by atoms with Crippen molar-refractivity contribution in [3.8, 4) is 0 Å². The summed E-state index contributed by atoms with van der Waals surface area (Å²) >= 11 is 0. The molecule has 0 aromatic carbocycles. The van der Waals surface area contributed by atoms with Gasteiger partial charge in [-0.2, -0.15) is 8.60 Å². The first-order valence-corrected chi connectivity index (χ1v) is 5.05. The highest BCUT2D eigenvalue weighted by Gasteiger charge is 1.64. The first kappa shape index (κ1) is 18.1. The third-order valence-corrected chi connectivity index (χ3v) is 0.704. The van der Waals surface area contributed by atoms with Crippen LogP contribution in [-0.2, 0) is 4.52 Å². The van der Waals surface area contributed by atoms with Crippen molar-refractivity contribution >= 4 is 8.60 Å². The molecule has 0 aromatic rings. The van der Waals surface area contributed by atoms with Gasteiger partial charge in [0.1, 0.15) is 0 Å². The van der Waals surface area contributed by atoms with E-state index in [-0.39, 0.29) is 6.61 Å². The van der Waals surface area contributed by atoms with Crippen LogP contribution in [0.5, 0.6) is 0 Å². The fourth-order valence-corrected chi connectivity index (χ4v) is 0.316. The van der Waals surface area contributed by atoms with Crippen molar-refractivity contribution in [2.45, 2.75) is 20.8 Å². The van der Waals surface area contributed by atoms with E-state index >= 15 is 0 Å². The van der Waals surface area contributed by atoms with Gasteiger partial charge in [0.05, 0.1) is 13.1 Å². The second kappa shape index (κ2) is 22.5. The topological polar surface area (TPSA) is 111 Å². The Labute approximate surface area is 75.7 Å². The Morgan fingerprint density at radius 3 is 1.33 bits per heavy atom. The Morgan fingerprint density at radius 2 is 1.33 bits per heavy atom. The minimum atomic E-state index is -2.60. The van der Waals surface area contributed by atoms with Crippen molar-refractivity contribution < 1.29 is 25.8 Å². The molecule has 0 aromatic heterocycles. The molecule has 0 fully saturated rings. The van der Waals surface area contributed by atoms with Crippen LogP contribution in [0.15, 0.2) is 0 Å². The fraction of sp³-hybridized carbons (Fsp3) is 1.00. The molecule has 0 unspecified atom stereocenters. The molecule has 6 N–H and O–H groups in total. The van der Waals surface area contributed by atoms with E-state index in [9.17, 15) is 9.79 Å². The molecule has 0 radical (unpaired) electrons. The summed E-state index contributed by atoms with van der Waals surface area (Å²) in [7, 11) is -2.60. The largest absolute Gasteiger partial charge is 0.820 e. The van der Waals surface area contributed by atoms with Crippen molar-refractivity contribution in [3.63, 3.8) is 0 Å². The van der Waals surface area contributed by atoms with Crippen LogP contribution >= 0.6 is 8.60 Å². The van der Waals surface area contributed by atoms with Crippen LogP contribution < -0.4 is 21.3 Å². The molecule has 78 valence electrons. The number of quaternary nitrogens is 2. The second-order valence-electron chi connectivity index (χ2n) is 1.64. The predicted molar refractivity (Wildman–Crippen MR) is 45.4 cm³/mol. The molecule has 0 aliphatic heterocycles. The van der Waals surface area contributed by atoms with Gasteiger partial charge < -0.3 is 25.8 Å². The summed E-state index contributed by atoms with van der Waals surface area (Å²) in [6.07, 6.45) is 0. The Balaban J connectivity index is -0.000000115. The Kier molecular flexibility index (Phi) is 33.9. The quantitative estimate of drug-likeness (QED) is 0.479. The second-order valence-corrected chi connectivity index (χ2v) is 2.35. The maximum atomic E-state index is 9.41. The van der Waals surface area contributed by atoms with E-state index in [0.29, 0.717) is 0 Å². The van der Waals surface area contributed by atoms with Gasteiger partial charge in [-0.25, -0.2) is 0 Å². The monoisotopic (exact) mass is 200 g/mol. The summed E-state index contributed by atoms with van der Waals surface area (Å²) in [6, 6.07) is 0. The number of hydrogen-bond acceptors (Lipinski definition) is 3. The molecule has 5 nitrogen and oxygen atoms in total. The molecule has 0 rings (SSSR count). The third kappa shape index (κ3) is 83.5. The van der Waals surface area contributed by atoms with Gasteiger partial charge in [0, 0.05) is 6.61 Å². The summed E-state index contributed by atoms with van der Waals surface area (Å²) in [6.45, 7) is 7.88.